The Labute approximate surface area is 128 Å². The van der Waals surface area contributed by atoms with Crippen molar-refractivity contribution < 1.29 is 4.79 Å². The van der Waals surface area contributed by atoms with Crippen LogP contribution in [-0.2, 0) is 17.3 Å². The zero-order valence-electron chi connectivity index (χ0n) is 12.7. The van der Waals surface area contributed by atoms with Crippen molar-refractivity contribution in [2.45, 2.75) is 37.3 Å². The molecule has 1 spiro atoms. The SMILES string of the molecule is C[C@H]1C[C@]2(C[C@@H](c3cn(C)nn3)N1)C(=O)Nc1ccccc12. The van der Waals surface area contributed by atoms with Crippen LogP contribution in [0.3, 0.4) is 0 Å². The molecule has 1 aromatic heterocycles. The maximum atomic E-state index is 12.8. The third-order valence-corrected chi connectivity index (χ3v) is 4.80. The number of aryl methyl sites for hydroxylation is 1. The number of fused-ring (bicyclic) bond motifs is 2. The lowest BCUT2D eigenvalue weighted by atomic mass is 9.69. The fraction of sp³-hybridized carbons (Fsp3) is 0.438. The summed E-state index contributed by atoms with van der Waals surface area (Å²) in [6.45, 7) is 2.12. The van der Waals surface area contributed by atoms with Crippen molar-refractivity contribution in [1.82, 2.24) is 20.3 Å². The predicted molar refractivity (Wildman–Crippen MR) is 82.3 cm³/mol. The monoisotopic (exact) mass is 297 g/mol. The Balaban J connectivity index is 1.77. The summed E-state index contributed by atoms with van der Waals surface area (Å²) in [5.74, 6) is 0.107. The molecule has 4 rings (SSSR count). The molecule has 0 saturated carbocycles. The molecule has 3 heterocycles. The van der Waals surface area contributed by atoms with Gasteiger partial charge in [0.15, 0.2) is 0 Å². The van der Waals surface area contributed by atoms with Crippen molar-refractivity contribution in [2.75, 3.05) is 5.32 Å². The largest absolute Gasteiger partial charge is 0.325 e. The molecule has 0 bridgehead atoms. The third-order valence-electron chi connectivity index (χ3n) is 4.80. The Morgan fingerprint density at radius 1 is 1.32 bits per heavy atom. The van der Waals surface area contributed by atoms with Gasteiger partial charge in [-0.1, -0.05) is 23.4 Å². The van der Waals surface area contributed by atoms with Crippen LogP contribution in [0.2, 0.25) is 0 Å². The van der Waals surface area contributed by atoms with E-state index in [1.165, 1.54) is 0 Å². The number of aromatic nitrogens is 3. The standard InChI is InChI=1S/C16H19N5O/c1-10-7-16(8-13(17-10)14-9-21(2)20-19-14)11-5-3-4-6-12(11)18-15(16)22/h3-6,9-10,13,17H,7-8H2,1-2H3,(H,18,22)/t10-,13-,16+/m0/s1. The highest BCUT2D eigenvalue weighted by Gasteiger charge is 2.51. The fourth-order valence-corrected chi connectivity index (χ4v) is 3.91. The minimum atomic E-state index is -0.469. The van der Waals surface area contributed by atoms with E-state index in [4.69, 9.17) is 0 Å². The topological polar surface area (TPSA) is 71.8 Å². The molecular weight excluding hydrogens is 278 g/mol. The normalized spacial score (nSPS) is 30.4. The summed E-state index contributed by atoms with van der Waals surface area (Å²) in [6.07, 6.45) is 3.42. The summed E-state index contributed by atoms with van der Waals surface area (Å²) in [4.78, 5) is 12.8. The number of carbonyl (C=O) groups excluding carboxylic acids is 1. The van der Waals surface area contributed by atoms with Crippen molar-refractivity contribution in [2.24, 2.45) is 7.05 Å². The number of para-hydroxylation sites is 1. The van der Waals surface area contributed by atoms with Crippen LogP contribution in [-0.4, -0.2) is 26.9 Å². The van der Waals surface area contributed by atoms with Gasteiger partial charge < -0.3 is 10.6 Å². The van der Waals surface area contributed by atoms with Crippen molar-refractivity contribution in [3.63, 3.8) is 0 Å². The smallest absolute Gasteiger partial charge is 0.235 e. The molecular formula is C16H19N5O. The van der Waals surface area contributed by atoms with Gasteiger partial charge in [-0.15, -0.1) is 5.10 Å². The minimum absolute atomic E-state index is 0.0364. The van der Waals surface area contributed by atoms with E-state index in [9.17, 15) is 4.79 Å². The molecule has 1 saturated heterocycles. The second kappa shape index (κ2) is 4.64. The van der Waals surface area contributed by atoms with Crippen LogP contribution in [0.25, 0.3) is 0 Å². The van der Waals surface area contributed by atoms with Crippen molar-refractivity contribution >= 4 is 11.6 Å². The molecule has 0 radical (unpaired) electrons. The number of anilines is 1. The van der Waals surface area contributed by atoms with E-state index >= 15 is 0 Å². The van der Waals surface area contributed by atoms with E-state index < -0.39 is 5.41 Å². The number of hydrogen-bond donors (Lipinski definition) is 2. The van der Waals surface area contributed by atoms with Crippen LogP contribution in [0.15, 0.2) is 30.5 Å². The maximum Gasteiger partial charge on any atom is 0.235 e. The summed E-state index contributed by atoms with van der Waals surface area (Å²) < 4.78 is 1.70. The van der Waals surface area contributed by atoms with E-state index in [1.54, 1.807) is 4.68 Å². The highest BCUT2D eigenvalue weighted by atomic mass is 16.2. The molecule has 2 aliphatic heterocycles. The lowest BCUT2D eigenvalue weighted by Crippen LogP contribution is -2.50. The minimum Gasteiger partial charge on any atom is -0.325 e. The number of benzene rings is 1. The fourth-order valence-electron chi connectivity index (χ4n) is 3.91. The first kappa shape index (κ1) is 13.5. The Morgan fingerprint density at radius 3 is 2.91 bits per heavy atom. The van der Waals surface area contributed by atoms with E-state index in [1.807, 2.05) is 31.4 Å². The number of nitrogens with one attached hydrogen (secondary N) is 2. The van der Waals surface area contributed by atoms with Gasteiger partial charge in [-0.05, 0) is 31.4 Å². The molecule has 114 valence electrons. The summed E-state index contributed by atoms with van der Waals surface area (Å²) in [6, 6.07) is 8.28. The zero-order chi connectivity index (χ0) is 15.3. The summed E-state index contributed by atoms with van der Waals surface area (Å²) in [5, 5.41) is 14.8. The molecule has 6 heteroatoms. The molecule has 0 unspecified atom stereocenters. The number of piperidine rings is 1. The average Bonchev–Trinajstić information content (AvgIpc) is 3.03. The Kier molecular flexibility index (Phi) is 2.84. The molecule has 22 heavy (non-hydrogen) atoms. The molecule has 3 atom stereocenters. The number of hydrogen-bond acceptors (Lipinski definition) is 4. The van der Waals surface area contributed by atoms with E-state index in [0.29, 0.717) is 6.42 Å². The van der Waals surface area contributed by atoms with E-state index in [2.05, 4.69) is 33.9 Å². The van der Waals surface area contributed by atoms with Crippen LogP contribution in [0.5, 0.6) is 0 Å². The lowest BCUT2D eigenvalue weighted by Gasteiger charge is -2.40. The molecule has 1 fully saturated rings. The van der Waals surface area contributed by atoms with Crippen LogP contribution in [0, 0.1) is 0 Å². The highest BCUT2D eigenvalue weighted by molar-refractivity contribution is 6.06. The molecule has 1 amide bonds. The van der Waals surface area contributed by atoms with Gasteiger partial charge in [0, 0.05) is 25.0 Å². The molecule has 1 aromatic carbocycles. The second-order valence-corrected chi connectivity index (χ2v) is 6.43. The second-order valence-electron chi connectivity index (χ2n) is 6.43. The molecule has 2 N–H and O–H groups in total. The first-order chi connectivity index (χ1) is 10.6. The van der Waals surface area contributed by atoms with Crippen molar-refractivity contribution in [3.8, 4) is 0 Å². The summed E-state index contributed by atoms with van der Waals surface area (Å²) in [7, 11) is 1.86. The molecule has 0 aliphatic carbocycles. The summed E-state index contributed by atoms with van der Waals surface area (Å²) in [5.41, 5.74) is 2.48. The highest BCUT2D eigenvalue weighted by Crippen LogP contribution is 2.48. The number of carbonyl (C=O) groups is 1. The number of amides is 1. The summed E-state index contributed by atoms with van der Waals surface area (Å²) >= 11 is 0. The van der Waals surface area contributed by atoms with Crippen LogP contribution >= 0.6 is 0 Å². The van der Waals surface area contributed by atoms with Gasteiger partial charge in [-0.3, -0.25) is 9.48 Å². The number of rotatable bonds is 1. The van der Waals surface area contributed by atoms with Crippen molar-refractivity contribution in [1.29, 1.82) is 0 Å². The first-order valence-electron chi connectivity index (χ1n) is 7.62. The Morgan fingerprint density at radius 2 is 2.14 bits per heavy atom. The number of nitrogens with zero attached hydrogens (tertiary/aromatic N) is 3. The molecule has 6 nitrogen and oxygen atoms in total. The van der Waals surface area contributed by atoms with Crippen LogP contribution < -0.4 is 10.6 Å². The average molecular weight is 297 g/mol. The molecule has 2 aromatic rings. The Hall–Kier alpha value is -2.21. The first-order valence-corrected chi connectivity index (χ1v) is 7.62. The van der Waals surface area contributed by atoms with Gasteiger partial charge in [-0.25, -0.2) is 0 Å². The van der Waals surface area contributed by atoms with Gasteiger partial charge in [-0.2, -0.15) is 0 Å². The maximum absolute atomic E-state index is 12.8. The van der Waals surface area contributed by atoms with Gasteiger partial charge in [0.05, 0.1) is 17.2 Å². The quantitative estimate of drug-likeness (QED) is 0.837. The Bertz CT molecular complexity index is 740. The molecule has 2 aliphatic rings. The van der Waals surface area contributed by atoms with Crippen LogP contribution in [0.4, 0.5) is 5.69 Å². The van der Waals surface area contributed by atoms with Crippen LogP contribution in [0.1, 0.15) is 37.1 Å². The van der Waals surface area contributed by atoms with Gasteiger partial charge in [0.25, 0.3) is 0 Å². The van der Waals surface area contributed by atoms with Gasteiger partial charge in [0.2, 0.25) is 5.91 Å². The van der Waals surface area contributed by atoms with Gasteiger partial charge >= 0.3 is 0 Å². The van der Waals surface area contributed by atoms with E-state index in [-0.39, 0.29) is 18.0 Å². The predicted octanol–water partition coefficient (Wildman–Crippen LogP) is 1.52. The lowest BCUT2D eigenvalue weighted by molar-refractivity contribution is -0.122. The van der Waals surface area contributed by atoms with E-state index in [0.717, 1.165) is 23.4 Å². The third kappa shape index (κ3) is 1.87. The zero-order valence-corrected chi connectivity index (χ0v) is 12.7. The van der Waals surface area contributed by atoms with Crippen molar-refractivity contribution in [3.05, 3.63) is 41.7 Å². The van der Waals surface area contributed by atoms with Gasteiger partial charge in [0.1, 0.15) is 0 Å².